The number of rotatable bonds is 3. The number of nitrogens with zero attached hydrogens (tertiary/aromatic N) is 2. The molecule has 0 atom stereocenters. The molecule has 0 aliphatic carbocycles. The van der Waals surface area contributed by atoms with Gasteiger partial charge in [0.05, 0.1) is 0 Å². The number of imidazole rings is 1. The Morgan fingerprint density at radius 2 is 2.46 bits per heavy atom. The molecule has 1 aromatic rings. The van der Waals surface area contributed by atoms with E-state index in [1.165, 1.54) is 0 Å². The fourth-order valence-corrected chi connectivity index (χ4v) is 0.856. The number of carbonyl (C=O) groups excluding carboxylic acids is 1. The van der Waals surface area contributed by atoms with Crippen LogP contribution >= 0.6 is 0 Å². The molecule has 0 radical (unpaired) electrons. The summed E-state index contributed by atoms with van der Waals surface area (Å²) < 4.78 is 1.70. The minimum Gasteiger partial charge on any atom is -0.366 e. The van der Waals surface area contributed by atoms with Gasteiger partial charge in [-0.15, -0.1) is 0 Å². The number of primary amides is 1. The van der Waals surface area contributed by atoms with E-state index in [9.17, 15) is 4.79 Å². The molecule has 0 spiro atoms. The van der Waals surface area contributed by atoms with E-state index in [4.69, 9.17) is 5.73 Å². The van der Waals surface area contributed by atoms with Gasteiger partial charge in [0.15, 0.2) is 0 Å². The summed E-state index contributed by atoms with van der Waals surface area (Å²) in [6.45, 7) is 5.24. The fourth-order valence-electron chi connectivity index (χ4n) is 0.856. The molecule has 4 heteroatoms. The lowest BCUT2D eigenvalue weighted by Crippen LogP contribution is -2.11. The van der Waals surface area contributed by atoms with Crippen molar-refractivity contribution in [3.8, 4) is 0 Å². The van der Waals surface area contributed by atoms with Crippen molar-refractivity contribution in [2.75, 3.05) is 0 Å². The zero-order valence-corrected chi connectivity index (χ0v) is 7.40. The second kappa shape index (κ2) is 3.71. The molecule has 4 nitrogen and oxygen atoms in total. The molecule has 0 aliphatic heterocycles. The van der Waals surface area contributed by atoms with Crippen LogP contribution in [0.1, 0.15) is 12.7 Å². The highest BCUT2D eigenvalue weighted by atomic mass is 16.1. The third-order valence-corrected chi connectivity index (χ3v) is 1.63. The van der Waals surface area contributed by atoms with Gasteiger partial charge in [-0.25, -0.2) is 4.98 Å². The molecule has 13 heavy (non-hydrogen) atoms. The molecule has 1 rings (SSSR count). The van der Waals surface area contributed by atoms with Crippen molar-refractivity contribution in [2.24, 2.45) is 5.73 Å². The molecule has 0 fully saturated rings. The molecule has 2 N–H and O–H groups in total. The van der Waals surface area contributed by atoms with Crippen LogP contribution in [0.4, 0.5) is 0 Å². The lowest BCUT2D eigenvalue weighted by molar-refractivity contribution is -0.114. The Hall–Kier alpha value is -1.84. The highest BCUT2D eigenvalue weighted by molar-refractivity contribution is 5.95. The van der Waals surface area contributed by atoms with Crippen molar-refractivity contribution in [3.63, 3.8) is 0 Å². The van der Waals surface area contributed by atoms with Gasteiger partial charge >= 0.3 is 0 Å². The first kappa shape index (κ1) is 9.25. The SMILES string of the molecule is C=Cn1ccnc1C=C(C)C(N)=O. The van der Waals surface area contributed by atoms with Crippen LogP contribution in [0.25, 0.3) is 12.3 Å². The highest BCUT2D eigenvalue weighted by Gasteiger charge is 2.00. The molecule has 68 valence electrons. The van der Waals surface area contributed by atoms with Crippen LogP contribution < -0.4 is 5.73 Å². The van der Waals surface area contributed by atoms with Crippen molar-refractivity contribution in [3.05, 3.63) is 30.4 Å². The lowest BCUT2D eigenvalue weighted by Gasteiger charge is -1.96. The summed E-state index contributed by atoms with van der Waals surface area (Å²) >= 11 is 0. The Morgan fingerprint density at radius 1 is 1.77 bits per heavy atom. The van der Waals surface area contributed by atoms with Gasteiger partial charge in [0.2, 0.25) is 5.91 Å². The first-order valence-electron chi connectivity index (χ1n) is 3.78. The van der Waals surface area contributed by atoms with Crippen molar-refractivity contribution in [1.82, 2.24) is 9.55 Å². The van der Waals surface area contributed by atoms with Crippen LogP contribution in [0.5, 0.6) is 0 Å². The summed E-state index contributed by atoms with van der Waals surface area (Å²) in [7, 11) is 0. The Labute approximate surface area is 76.4 Å². The number of amides is 1. The summed E-state index contributed by atoms with van der Waals surface area (Å²) in [6, 6.07) is 0. The number of aromatic nitrogens is 2. The summed E-state index contributed by atoms with van der Waals surface area (Å²) in [5.41, 5.74) is 5.54. The molecule has 1 aromatic heterocycles. The maximum absolute atomic E-state index is 10.7. The molecule has 1 heterocycles. The van der Waals surface area contributed by atoms with Gasteiger partial charge in [0.1, 0.15) is 5.82 Å². The summed E-state index contributed by atoms with van der Waals surface area (Å²) in [4.78, 5) is 14.7. The second-order valence-electron chi connectivity index (χ2n) is 2.57. The van der Waals surface area contributed by atoms with Crippen molar-refractivity contribution >= 4 is 18.2 Å². The number of hydrogen-bond acceptors (Lipinski definition) is 2. The summed E-state index contributed by atoms with van der Waals surface area (Å²) in [5, 5.41) is 0. The average Bonchev–Trinajstić information content (AvgIpc) is 2.51. The van der Waals surface area contributed by atoms with E-state index >= 15 is 0 Å². The van der Waals surface area contributed by atoms with Gasteiger partial charge in [-0.1, -0.05) is 6.58 Å². The smallest absolute Gasteiger partial charge is 0.244 e. The molecule has 1 amide bonds. The normalized spacial score (nSPS) is 11.3. The predicted molar refractivity (Wildman–Crippen MR) is 51.5 cm³/mol. The Bertz CT molecular complexity index is 363. The van der Waals surface area contributed by atoms with Crippen LogP contribution in [0.15, 0.2) is 24.5 Å². The first-order valence-corrected chi connectivity index (χ1v) is 3.78. The topological polar surface area (TPSA) is 60.9 Å². The molecule has 0 aromatic carbocycles. The Kier molecular flexibility index (Phi) is 2.64. The fraction of sp³-hybridized carbons (Fsp3) is 0.111. The number of hydrogen-bond donors (Lipinski definition) is 1. The zero-order chi connectivity index (χ0) is 9.84. The van der Waals surface area contributed by atoms with Gasteiger partial charge in [-0.3, -0.25) is 4.79 Å². The second-order valence-corrected chi connectivity index (χ2v) is 2.57. The maximum Gasteiger partial charge on any atom is 0.244 e. The van der Waals surface area contributed by atoms with E-state index in [0.717, 1.165) is 0 Å². The maximum atomic E-state index is 10.7. The molecule has 0 saturated heterocycles. The third kappa shape index (κ3) is 2.05. The Morgan fingerprint density at radius 3 is 3.00 bits per heavy atom. The van der Waals surface area contributed by atoms with Gasteiger partial charge in [-0.2, -0.15) is 0 Å². The van der Waals surface area contributed by atoms with E-state index in [2.05, 4.69) is 11.6 Å². The average molecular weight is 177 g/mol. The van der Waals surface area contributed by atoms with Crippen LogP contribution in [0, 0.1) is 0 Å². The number of nitrogens with two attached hydrogens (primary N) is 1. The molecule has 0 saturated carbocycles. The highest BCUT2D eigenvalue weighted by Crippen LogP contribution is 2.04. The van der Waals surface area contributed by atoms with Gasteiger partial charge in [0, 0.05) is 24.2 Å². The van der Waals surface area contributed by atoms with E-state index < -0.39 is 5.91 Å². The van der Waals surface area contributed by atoms with E-state index in [1.54, 1.807) is 36.2 Å². The molecule has 0 aliphatic rings. The summed E-state index contributed by atoms with van der Waals surface area (Å²) in [5.74, 6) is 0.199. The molecule has 0 unspecified atom stereocenters. The van der Waals surface area contributed by atoms with E-state index in [-0.39, 0.29) is 0 Å². The van der Waals surface area contributed by atoms with Crippen molar-refractivity contribution in [1.29, 1.82) is 0 Å². The molecular formula is C9H11N3O. The largest absolute Gasteiger partial charge is 0.366 e. The van der Waals surface area contributed by atoms with E-state index in [0.29, 0.717) is 11.4 Å². The number of carbonyl (C=O) groups is 1. The quantitative estimate of drug-likeness (QED) is 0.696. The molecule has 0 bridgehead atoms. The zero-order valence-electron chi connectivity index (χ0n) is 7.40. The van der Waals surface area contributed by atoms with Crippen LogP contribution in [0.3, 0.4) is 0 Å². The van der Waals surface area contributed by atoms with Crippen LogP contribution in [-0.2, 0) is 4.79 Å². The Balaban J connectivity index is 3.03. The minimum atomic E-state index is -0.446. The first-order chi connectivity index (χ1) is 6.15. The van der Waals surface area contributed by atoms with Crippen molar-refractivity contribution in [2.45, 2.75) is 6.92 Å². The van der Waals surface area contributed by atoms with Gasteiger partial charge in [0.25, 0.3) is 0 Å². The minimum absolute atomic E-state index is 0.446. The van der Waals surface area contributed by atoms with Crippen molar-refractivity contribution < 1.29 is 4.79 Å². The molecular weight excluding hydrogens is 166 g/mol. The lowest BCUT2D eigenvalue weighted by atomic mass is 10.2. The van der Waals surface area contributed by atoms with Gasteiger partial charge < -0.3 is 10.3 Å². The standard InChI is InChI=1S/C9H11N3O/c1-3-12-5-4-11-8(12)6-7(2)9(10)13/h3-6H,1H2,2H3,(H2,10,13). The van der Waals surface area contributed by atoms with Crippen LogP contribution in [-0.4, -0.2) is 15.5 Å². The predicted octanol–water partition coefficient (Wildman–Crippen LogP) is 0.872. The summed E-state index contributed by atoms with van der Waals surface area (Å²) in [6.07, 6.45) is 6.59. The third-order valence-electron chi connectivity index (χ3n) is 1.63. The monoisotopic (exact) mass is 177 g/mol. The van der Waals surface area contributed by atoms with E-state index in [1.807, 2.05) is 0 Å². The van der Waals surface area contributed by atoms with Crippen LogP contribution in [0.2, 0.25) is 0 Å². The van der Waals surface area contributed by atoms with Gasteiger partial charge in [-0.05, 0) is 13.0 Å².